The van der Waals surface area contributed by atoms with Crippen LogP contribution in [-0.4, -0.2) is 44.7 Å². The van der Waals surface area contributed by atoms with Crippen molar-refractivity contribution in [3.05, 3.63) is 35.1 Å². The maximum Gasteiger partial charge on any atom is 0.234 e. The first-order valence-corrected chi connectivity index (χ1v) is 6.48. The van der Waals surface area contributed by atoms with Gasteiger partial charge in [-0.15, -0.1) is 0 Å². The van der Waals surface area contributed by atoms with Crippen molar-refractivity contribution in [1.82, 2.24) is 10.2 Å². The van der Waals surface area contributed by atoms with Crippen molar-refractivity contribution in [1.29, 1.82) is 0 Å². The summed E-state index contributed by atoms with van der Waals surface area (Å²) >= 11 is 0. The van der Waals surface area contributed by atoms with E-state index in [1.54, 1.807) is 20.2 Å². The molecule has 0 aliphatic carbocycles. The van der Waals surface area contributed by atoms with Crippen molar-refractivity contribution in [3.8, 4) is 0 Å². The van der Waals surface area contributed by atoms with Gasteiger partial charge in [-0.05, 0) is 30.3 Å². The molecule has 1 rings (SSSR count). The number of benzene rings is 1. The van der Waals surface area contributed by atoms with Gasteiger partial charge in [0.2, 0.25) is 5.91 Å². The number of hydrogen-bond acceptors (Lipinski definition) is 4. The fourth-order valence-corrected chi connectivity index (χ4v) is 1.88. The van der Waals surface area contributed by atoms with E-state index < -0.39 is 0 Å². The van der Waals surface area contributed by atoms with Crippen molar-refractivity contribution in [2.45, 2.75) is 13.1 Å². The highest BCUT2D eigenvalue weighted by Crippen LogP contribution is 2.12. The summed E-state index contributed by atoms with van der Waals surface area (Å²) in [6.07, 6.45) is 0. The van der Waals surface area contributed by atoms with Gasteiger partial charge < -0.3 is 15.8 Å². The molecule has 5 nitrogen and oxygen atoms in total. The zero-order valence-corrected chi connectivity index (χ0v) is 12.0. The van der Waals surface area contributed by atoms with Gasteiger partial charge in [0.15, 0.2) is 0 Å². The maximum atomic E-state index is 13.2. The Bertz CT molecular complexity index is 440. The SMILES string of the molecule is COCCNC(=O)CN(C)Cc1cc(F)ccc1CN. The van der Waals surface area contributed by atoms with E-state index in [4.69, 9.17) is 10.5 Å². The molecule has 20 heavy (non-hydrogen) atoms. The number of nitrogens with one attached hydrogen (secondary N) is 1. The van der Waals surface area contributed by atoms with Crippen molar-refractivity contribution in [2.24, 2.45) is 5.73 Å². The Labute approximate surface area is 118 Å². The van der Waals surface area contributed by atoms with Crippen molar-refractivity contribution in [2.75, 3.05) is 33.9 Å². The maximum absolute atomic E-state index is 13.2. The molecule has 0 aliphatic rings. The molecule has 0 heterocycles. The average Bonchev–Trinajstić information content (AvgIpc) is 2.39. The number of methoxy groups -OCH3 is 1. The summed E-state index contributed by atoms with van der Waals surface area (Å²) in [5.41, 5.74) is 7.32. The molecule has 0 aliphatic heterocycles. The van der Waals surface area contributed by atoms with Gasteiger partial charge in [-0.3, -0.25) is 9.69 Å². The van der Waals surface area contributed by atoms with Gasteiger partial charge in [-0.25, -0.2) is 4.39 Å². The molecule has 0 aromatic heterocycles. The summed E-state index contributed by atoms with van der Waals surface area (Å²) in [6, 6.07) is 4.53. The number of amides is 1. The van der Waals surface area contributed by atoms with Gasteiger partial charge >= 0.3 is 0 Å². The van der Waals surface area contributed by atoms with E-state index in [0.717, 1.165) is 11.1 Å². The molecule has 0 saturated carbocycles. The van der Waals surface area contributed by atoms with E-state index in [1.165, 1.54) is 12.1 Å². The van der Waals surface area contributed by atoms with Crippen molar-refractivity contribution < 1.29 is 13.9 Å². The summed E-state index contributed by atoms with van der Waals surface area (Å²) < 4.78 is 18.1. The van der Waals surface area contributed by atoms with E-state index in [0.29, 0.717) is 26.2 Å². The molecule has 112 valence electrons. The van der Waals surface area contributed by atoms with Crippen LogP contribution >= 0.6 is 0 Å². The Morgan fingerprint density at radius 1 is 1.45 bits per heavy atom. The topological polar surface area (TPSA) is 67.6 Å². The summed E-state index contributed by atoms with van der Waals surface area (Å²) in [7, 11) is 3.39. The predicted molar refractivity (Wildman–Crippen MR) is 75.5 cm³/mol. The largest absolute Gasteiger partial charge is 0.383 e. The van der Waals surface area contributed by atoms with Gasteiger partial charge in [0, 0.05) is 26.7 Å². The minimum absolute atomic E-state index is 0.0877. The quantitative estimate of drug-likeness (QED) is 0.681. The highest BCUT2D eigenvalue weighted by Gasteiger charge is 2.09. The zero-order chi connectivity index (χ0) is 15.0. The van der Waals surface area contributed by atoms with Gasteiger partial charge in [-0.1, -0.05) is 6.07 Å². The third-order valence-corrected chi connectivity index (χ3v) is 2.87. The van der Waals surface area contributed by atoms with E-state index in [9.17, 15) is 9.18 Å². The zero-order valence-electron chi connectivity index (χ0n) is 12.0. The molecule has 0 atom stereocenters. The summed E-state index contributed by atoms with van der Waals surface area (Å²) in [5.74, 6) is -0.384. The molecular formula is C14H22FN3O2. The normalized spacial score (nSPS) is 10.8. The molecule has 1 amide bonds. The van der Waals surface area contributed by atoms with Crippen LogP contribution in [0.5, 0.6) is 0 Å². The summed E-state index contributed by atoms with van der Waals surface area (Å²) in [4.78, 5) is 13.4. The van der Waals surface area contributed by atoms with Crippen molar-refractivity contribution >= 4 is 5.91 Å². The molecule has 1 aromatic carbocycles. The number of likely N-dealkylation sites (N-methyl/N-ethyl adjacent to an activating group) is 1. The fraction of sp³-hybridized carbons (Fsp3) is 0.500. The first-order valence-electron chi connectivity index (χ1n) is 6.48. The van der Waals surface area contributed by atoms with Crippen LogP contribution in [0, 0.1) is 5.82 Å². The molecule has 3 N–H and O–H groups in total. The molecule has 1 aromatic rings. The van der Waals surface area contributed by atoms with Gasteiger partial charge in [0.05, 0.1) is 13.2 Å². The molecule has 0 spiro atoms. The Morgan fingerprint density at radius 2 is 2.20 bits per heavy atom. The molecule has 0 bridgehead atoms. The number of hydrogen-bond donors (Lipinski definition) is 2. The number of nitrogens with zero attached hydrogens (tertiary/aromatic N) is 1. The standard InChI is InChI=1S/C14H22FN3O2/c1-18(10-14(19)17-5-6-20-2)9-12-7-13(15)4-3-11(12)8-16/h3-4,7H,5-6,8-10,16H2,1-2H3,(H,17,19). The summed E-state index contributed by atoms with van der Waals surface area (Å²) in [6.45, 7) is 2.03. The minimum Gasteiger partial charge on any atom is -0.383 e. The van der Waals surface area contributed by atoms with Gasteiger partial charge in [-0.2, -0.15) is 0 Å². The van der Waals surface area contributed by atoms with E-state index in [-0.39, 0.29) is 18.3 Å². The van der Waals surface area contributed by atoms with Gasteiger partial charge in [0.1, 0.15) is 5.82 Å². The Morgan fingerprint density at radius 3 is 2.85 bits per heavy atom. The first-order chi connectivity index (χ1) is 9.56. The van der Waals surface area contributed by atoms with E-state index in [2.05, 4.69) is 5.32 Å². The van der Waals surface area contributed by atoms with Crippen molar-refractivity contribution in [3.63, 3.8) is 0 Å². The molecular weight excluding hydrogens is 261 g/mol. The second-order valence-corrected chi connectivity index (χ2v) is 4.63. The molecule has 0 radical (unpaired) electrons. The highest BCUT2D eigenvalue weighted by atomic mass is 19.1. The van der Waals surface area contributed by atoms with Gasteiger partial charge in [0.25, 0.3) is 0 Å². The lowest BCUT2D eigenvalue weighted by atomic mass is 10.1. The number of ether oxygens (including phenoxy) is 1. The van der Waals surface area contributed by atoms with Crippen LogP contribution in [0.4, 0.5) is 4.39 Å². The van der Waals surface area contributed by atoms with Crippen LogP contribution in [-0.2, 0) is 22.6 Å². The lowest BCUT2D eigenvalue weighted by Crippen LogP contribution is -2.36. The highest BCUT2D eigenvalue weighted by molar-refractivity contribution is 5.77. The number of nitrogens with two attached hydrogens (primary N) is 1. The van der Waals surface area contributed by atoms with Crippen LogP contribution in [0.15, 0.2) is 18.2 Å². The Balaban J connectivity index is 2.51. The predicted octanol–water partition coefficient (Wildman–Crippen LogP) is 0.479. The van der Waals surface area contributed by atoms with Crippen LogP contribution in [0.3, 0.4) is 0 Å². The molecule has 6 heteroatoms. The van der Waals surface area contributed by atoms with Crippen LogP contribution in [0.1, 0.15) is 11.1 Å². The Kier molecular flexibility index (Phi) is 7.14. The third-order valence-electron chi connectivity index (χ3n) is 2.87. The fourth-order valence-electron chi connectivity index (χ4n) is 1.88. The van der Waals surface area contributed by atoms with Crippen LogP contribution in [0.25, 0.3) is 0 Å². The molecule has 0 fully saturated rings. The molecule has 0 unspecified atom stereocenters. The first kappa shape index (κ1) is 16.6. The second kappa shape index (κ2) is 8.63. The van der Waals surface area contributed by atoms with E-state index >= 15 is 0 Å². The second-order valence-electron chi connectivity index (χ2n) is 4.63. The minimum atomic E-state index is -0.296. The Hall–Kier alpha value is -1.50. The van der Waals surface area contributed by atoms with E-state index in [1.807, 2.05) is 4.90 Å². The lowest BCUT2D eigenvalue weighted by molar-refractivity contribution is -0.122. The number of carbonyl (C=O) groups excluding carboxylic acids is 1. The number of halogens is 1. The van der Waals surface area contributed by atoms with Crippen LogP contribution in [0.2, 0.25) is 0 Å². The van der Waals surface area contributed by atoms with Crippen LogP contribution < -0.4 is 11.1 Å². The summed E-state index contributed by atoms with van der Waals surface area (Å²) in [5, 5.41) is 2.74. The number of rotatable bonds is 8. The lowest BCUT2D eigenvalue weighted by Gasteiger charge is -2.18. The molecule has 0 saturated heterocycles. The number of carbonyl (C=O) groups is 1. The smallest absolute Gasteiger partial charge is 0.234 e. The third kappa shape index (κ3) is 5.64. The average molecular weight is 283 g/mol. The monoisotopic (exact) mass is 283 g/mol.